The summed E-state index contributed by atoms with van der Waals surface area (Å²) in [4.78, 5) is 10.7. The average Bonchev–Trinajstić information content (AvgIpc) is 1.93. The molecule has 1 aliphatic carbocycles. The van der Waals surface area contributed by atoms with Gasteiger partial charge in [0.15, 0.2) is 0 Å². The highest BCUT2D eigenvalue weighted by Crippen LogP contribution is 2.15. The molecular weight excluding hydrogens is 152 g/mol. The summed E-state index contributed by atoms with van der Waals surface area (Å²) in [7, 11) is 0. The fraction of sp³-hybridized carbons (Fsp3) is 0.700. The maximum atomic E-state index is 10.7. The van der Waals surface area contributed by atoms with Gasteiger partial charge in [-0.25, -0.2) is 0 Å². The van der Waals surface area contributed by atoms with Gasteiger partial charge in [0.2, 0.25) is 0 Å². The number of hydrogen-bond donors (Lipinski definition) is 0. The van der Waals surface area contributed by atoms with E-state index >= 15 is 0 Å². The van der Waals surface area contributed by atoms with Gasteiger partial charge in [-0.05, 0) is 32.1 Å². The standard InChI is InChI=1S/C10H16O2/c1-9(11)12-10-7-5-3-2-4-6-8-10/h2-3,10H,4-8H2,1H3/t10-/m0/s1. The molecule has 1 atom stereocenters. The number of ether oxygens (including phenoxy) is 1. The summed E-state index contributed by atoms with van der Waals surface area (Å²) < 4.78 is 5.15. The molecule has 0 saturated heterocycles. The van der Waals surface area contributed by atoms with Crippen molar-refractivity contribution in [1.82, 2.24) is 0 Å². The van der Waals surface area contributed by atoms with Crippen LogP contribution in [0.4, 0.5) is 0 Å². The monoisotopic (exact) mass is 168 g/mol. The number of hydrogen-bond acceptors (Lipinski definition) is 2. The van der Waals surface area contributed by atoms with Crippen molar-refractivity contribution in [2.75, 3.05) is 0 Å². The Morgan fingerprint density at radius 2 is 2.08 bits per heavy atom. The molecule has 68 valence electrons. The fourth-order valence-electron chi connectivity index (χ4n) is 1.48. The quantitative estimate of drug-likeness (QED) is 0.444. The first-order chi connectivity index (χ1) is 5.79. The maximum absolute atomic E-state index is 10.7. The van der Waals surface area contributed by atoms with Gasteiger partial charge in [0, 0.05) is 6.92 Å². The Hall–Kier alpha value is -0.790. The van der Waals surface area contributed by atoms with Crippen molar-refractivity contribution < 1.29 is 9.53 Å². The molecular formula is C10H16O2. The molecule has 0 aliphatic heterocycles. The van der Waals surface area contributed by atoms with E-state index in [2.05, 4.69) is 12.2 Å². The topological polar surface area (TPSA) is 26.3 Å². The summed E-state index contributed by atoms with van der Waals surface area (Å²) in [6.45, 7) is 1.48. The molecule has 0 N–H and O–H groups in total. The highest BCUT2D eigenvalue weighted by Gasteiger charge is 2.11. The molecule has 0 spiro atoms. The number of allylic oxidation sites excluding steroid dienone is 2. The van der Waals surface area contributed by atoms with Crippen LogP contribution < -0.4 is 0 Å². The minimum absolute atomic E-state index is 0.149. The highest BCUT2D eigenvalue weighted by atomic mass is 16.5. The average molecular weight is 168 g/mol. The van der Waals surface area contributed by atoms with E-state index in [1.165, 1.54) is 6.92 Å². The Bertz CT molecular complexity index is 173. The van der Waals surface area contributed by atoms with Gasteiger partial charge in [-0.3, -0.25) is 4.79 Å². The van der Waals surface area contributed by atoms with Gasteiger partial charge < -0.3 is 4.74 Å². The molecule has 0 bridgehead atoms. The van der Waals surface area contributed by atoms with E-state index in [0.29, 0.717) is 0 Å². The lowest BCUT2D eigenvalue weighted by Crippen LogP contribution is -2.16. The zero-order chi connectivity index (χ0) is 8.81. The summed E-state index contributed by atoms with van der Waals surface area (Å²) in [6, 6.07) is 0. The smallest absolute Gasteiger partial charge is 0.302 e. The third-order valence-electron chi connectivity index (χ3n) is 2.05. The van der Waals surface area contributed by atoms with Crippen LogP contribution in [0.5, 0.6) is 0 Å². The van der Waals surface area contributed by atoms with Crippen LogP contribution in [0.25, 0.3) is 0 Å². The van der Waals surface area contributed by atoms with Crippen LogP contribution in [-0.2, 0) is 9.53 Å². The van der Waals surface area contributed by atoms with Crippen LogP contribution in [-0.4, -0.2) is 12.1 Å². The first-order valence-corrected chi connectivity index (χ1v) is 4.61. The minimum atomic E-state index is -0.149. The molecule has 0 saturated carbocycles. The van der Waals surface area contributed by atoms with E-state index in [9.17, 15) is 4.79 Å². The molecule has 1 aliphatic rings. The van der Waals surface area contributed by atoms with E-state index < -0.39 is 0 Å². The van der Waals surface area contributed by atoms with Crippen LogP contribution in [0.1, 0.15) is 39.0 Å². The van der Waals surface area contributed by atoms with Crippen molar-refractivity contribution >= 4 is 5.97 Å². The molecule has 12 heavy (non-hydrogen) atoms. The predicted molar refractivity (Wildman–Crippen MR) is 47.8 cm³/mol. The third-order valence-corrected chi connectivity index (χ3v) is 2.05. The Kier molecular flexibility index (Phi) is 3.85. The molecule has 0 fully saturated rings. The van der Waals surface area contributed by atoms with Crippen molar-refractivity contribution in [3.63, 3.8) is 0 Å². The molecule has 0 amide bonds. The second-order valence-electron chi connectivity index (χ2n) is 3.21. The molecule has 2 nitrogen and oxygen atoms in total. The first-order valence-electron chi connectivity index (χ1n) is 4.61. The minimum Gasteiger partial charge on any atom is -0.463 e. The second kappa shape index (κ2) is 4.96. The summed E-state index contributed by atoms with van der Waals surface area (Å²) >= 11 is 0. The summed E-state index contributed by atoms with van der Waals surface area (Å²) in [5, 5.41) is 0. The zero-order valence-electron chi connectivity index (χ0n) is 7.58. The Morgan fingerprint density at radius 1 is 1.33 bits per heavy atom. The summed E-state index contributed by atoms with van der Waals surface area (Å²) in [6.07, 6.45) is 9.84. The van der Waals surface area contributed by atoms with Crippen LogP contribution in [0, 0.1) is 0 Å². The lowest BCUT2D eigenvalue weighted by Gasteiger charge is -2.16. The van der Waals surface area contributed by atoms with Crippen LogP contribution >= 0.6 is 0 Å². The van der Waals surface area contributed by atoms with Crippen molar-refractivity contribution in [1.29, 1.82) is 0 Å². The summed E-state index contributed by atoms with van der Waals surface area (Å²) in [5.74, 6) is -0.149. The number of carbonyl (C=O) groups is 1. The van der Waals surface area contributed by atoms with Crippen LogP contribution in [0.3, 0.4) is 0 Å². The molecule has 0 aromatic rings. The van der Waals surface area contributed by atoms with Crippen molar-refractivity contribution in [2.45, 2.75) is 45.1 Å². The maximum Gasteiger partial charge on any atom is 0.302 e. The number of carbonyl (C=O) groups excluding carboxylic acids is 1. The Morgan fingerprint density at radius 3 is 2.83 bits per heavy atom. The lowest BCUT2D eigenvalue weighted by atomic mass is 10.0. The Labute approximate surface area is 73.6 Å². The number of esters is 1. The molecule has 0 unspecified atom stereocenters. The van der Waals surface area contributed by atoms with Crippen LogP contribution in [0.2, 0.25) is 0 Å². The molecule has 0 heterocycles. The van der Waals surface area contributed by atoms with Crippen molar-refractivity contribution in [3.05, 3.63) is 12.2 Å². The van der Waals surface area contributed by atoms with Gasteiger partial charge in [-0.15, -0.1) is 0 Å². The Balaban J connectivity index is 2.32. The predicted octanol–water partition coefficient (Wildman–Crippen LogP) is 2.44. The van der Waals surface area contributed by atoms with Gasteiger partial charge in [-0.2, -0.15) is 0 Å². The van der Waals surface area contributed by atoms with Crippen molar-refractivity contribution in [2.24, 2.45) is 0 Å². The molecule has 0 radical (unpaired) electrons. The van der Waals surface area contributed by atoms with E-state index in [1.807, 2.05) is 0 Å². The van der Waals surface area contributed by atoms with Crippen LogP contribution in [0.15, 0.2) is 12.2 Å². The second-order valence-corrected chi connectivity index (χ2v) is 3.21. The highest BCUT2D eigenvalue weighted by molar-refractivity contribution is 5.66. The van der Waals surface area contributed by atoms with Gasteiger partial charge in [0.1, 0.15) is 6.10 Å². The molecule has 0 aromatic heterocycles. The fourth-order valence-corrected chi connectivity index (χ4v) is 1.48. The SMILES string of the molecule is CC(=O)O[C@H]1CCC=CCCC1. The largest absolute Gasteiger partial charge is 0.463 e. The van der Waals surface area contributed by atoms with E-state index in [-0.39, 0.29) is 12.1 Å². The zero-order valence-corrected chi connectivity index (χ0v) is 7.58. The normalized spacial score (nSPS) is 24.2. The first kappa shape index (κ1) is 9.30. The van der Waals surface area contributed by atoms with Gasteiger partial charge in [-0.1, -0.05) is 12.2 Å². The summed E-state index contributed by atoms with van der Waals surface area (Å²) in [5.41, 5.74) is 0. The third kappa shape index (κ3) is 3.56. The van der Waals surface area contributed by atoms with Gasteiger partial charge >= 0.3 is 5.97 Å². The van der Waals surface area contributed by atoms with E-state index in [0.717, 1.165) is 32.1 Å². The molecule has 0 aromatic carbocycles. The van der Waals surface area contributed by atoms with Gasteiger partial charge in [0.05, 0.1) is 0 Å². The van der Waals surface area contributed by atoms with E-state index in [4.69, 9.17) is 4.74 Å². The number of rotatable bonds is 1. The molecule has 2 heteroatoms. The molecule has 1 rings (SSSR count). The van der Waals surface area contributed by atoms with Crippen molar-refractivity contribution in [3.8, 4) is 0 Å². The lowest BCUT2D eigenvalue weighted by molar-refractivity contribution is -0.147. The van der Waals surface area contributed by atoms with E-state index in [1.54, 1.807) is 0 Å². The van der Waals surface area contributed by atoms with Gasteiger partial charge in [0.25, 0.3) is 0 Å².